The first kappa shape index (κ1) is 17.7. The van der Waals surface area contributed by atoms with Crippen molar-refractivity contribution in [3.63, 3.8) is 0 Å². The number of nitrogens with one attached hydrogen (secondary N) is 2. The van der Waals surface area contributed by atoms with Gasteiger partial charge in [0.1, 0.15) is 6.04 Å². The summed E-state index contributed by atoms with van der Waals surface area (Å²) in [5.74, 6) is 0.0639. The fourth-order valence-electron chi connectivity index (χ4n) is 2.34. The normalized spacial score (nSPS) is 11.8. The Morgan fingerprint density at radius 3 is 2.08 bits per heavy atom. The Kier molecular flexibility index (Phi) is 6.55. The minimum atomic E-state index is -0.703. The summed E-state index contributed by atoms with van der Waals surface area (Å²) in [6.45, 7) is 4.82. The Morgan fingerprint density at radius 2 is 1.50 bits per heavy atom. The lowest BCUT2D eigenvalue weighted by Gasteiger charge is -2.19. The Hall–Kier alpha value is -2.62. The van der Waals surface area contributed by atoms with Crippen molar-refractivity contribution < 1.29 is 9.59 Å². The molecule has 1 atom stereocenters. The Labute approximate surface area is 143 Å². The maximum absolute atomic E-state index is 12.6. The van der Waals surface area contributed by atoms with Crippen LogP contribution in [0.3, 0.4) is 0 Å². The van der Waals surface area contributed by atoms with Gasteiger partial charge >= 0.3 is 0 Å². The molecular weight excluding hydrogens is 300 g/mol. The van der Waals surface area contributed by atoms with Crippen molar-refractivity contribution in [1.29, 1.82) is 0 Å². The third-order valence-electron chi connectivity index (χ3n) is 3.73. The number of carbonyl (C=O) groups is 2. The lowest BCUT2D eigenvalue weighted by atomic mass is 10.0. The topological polar surface area (TPSA) is 58.2 Å². The van der Waals surface area contributed by atoms with Crippen molar-refractivity contribution in [2.75, 3.05) is 6.54 Å². The SMILES string of the molecule is CC(C)CCNC(=O)[C@H](NC(=O)c1ccccc1)c1ccccc1. The molecule has 0 bridgehead atoms. The summed E-state index contributed by atoms with van der Waals surface area (Å²) in [4.78, 5) is 25.0. The molecule has 0 saturated heterocycles. The van der Waals surface area contributed by atoms with Gasteiger partial charge in [-0.2, -0.15) is 0 Å². The predicted molar refractivity (Wildman–Crippen MR) is 95.6 cm³/mol. The first-order chi connectivity index (χ1) is 11.6. The van der Waals surface area contributed by atoms with E-state index in [4.69, 9.17) is 0 Å². The smallest absolute Gasteiger partial charge is 0.252 e. The first-order valence-corrected chi connectivity index (χ1v) is 8.26. The third-order valence-corrected chi connectivity index (χ3v) is 3.73. The molecule has 0 aliphatic carbocycles. The van der Waals surface area contributed by atoms with Crippen LogP contribution in [-0.4, -0.2) is 18.4 Å². The molecule has 0 fully saturated rings. The van der Waals surface area contributed by atoms with Gasteiger partial charge in [0.05, 0.1) is 0 Å². The van der Waals surface area contributed by atoms with Gasteiger partial charge in [-0.3, -0.25) is 9.59 Å². The average Bonchev–Trinajstić information content (AvgIpc) is 2.60. The van der Waals surface area contributed by atoms with E-state index in [0.717, 1.165) is 12.0 Å². The van der Waals surface area contributed by atoms with E-state index in [1.54, 1.807) is 24.3 Å². The van der Waals surface area contributed by atoms with E-state index in [9.17, 15) is 9.59 Å². The summed E-state index contributed by atoms with van der Waals surface area (Å²) in [6.07, 6.45) is 0.903. The van der Waals surface area contributed by atoms with Crippen LogP contribution in [0.4, 0.5) is 0 Å². The fourth-order valence-corrected chi connectivity index (χ4v) is 2.34. The van der Waals surface area contributed by atoms with Crippen LogP contribution in [-0.2, 0) is 4.79 Å². The summed E-state index contributed by atoms with van der Waals surface area (Å²) >= 11 is 0. The van der Waals surface area contributed by atoms with E-state index in [0.29, 0.717) is 18.0 Å². The third kappa shape index (κ3) is 5.23. The monoisotopic (exact) mass is 324 g/mol. The highest BCUT2D eigenvalue weighted by molar-refractivity contribution is 5.97. The van der Waals surface area contributed by atoms with Crippen molar-refractivity contribution in [2.24, 2.45) is 5.92 Å². The van der Waals surface area contributed by atoms with Gasteiger partial charge in [-0.15, -0.1) is 0 Å². The van der Waals surface area contributed by atoms with E-state index in [2.05, 4.69) is 24.5 Å². The summed E-state index contributed by atoms with van der Waals surface area (Å²) < 4.78 is 0. The number of amides is 2. The summed E-state index contributed by atoms with van der Waals surface area (Å²) in [5.41, 5.74) is 1.30. The molecule has 4 heteroatoms. The van der Waals surface area contributed by atoms with Crippen LogP contribution in [0.2, 0.25) is 0 Å². The van der Waals surface area contributed by atoms with Gasteiger partial charge in [-0.1, -0.05) is 62.4 Å². The molecule has 0 aliphatic heterocycles. The largest absolute Gasteiger partial charge is 0.354 e. The number of hydrogen-bond acceptors (Lipinski definition) is 2. The number of rotatable bonds is 7. The van der Waals surface area contributed by atoms with Gasteiger partial charge in [0.15, 0.2) is 0 Å². The minimum Gasteiger partial charge on any atom is -0.354 e. The molecule has 2 aromatic carbocycles. The molecule has 2 rings (SSSR count). The van der Waals surface area contributed by atoms with Crippen molar-refractivity contribution in [1.82, 2.24) is 10.6 Å². The van der Waals surface area contributed by atoms with Crippen LogP contribution < -0.4 is 10.6 Å². The zero-order valence-electron chi connectivity index (χ0n) is 14.2. The quantitative estimate of drug-likeness (QED) is 0.821. The number of hydrogen-bond donors (Lipinski definition) is 2. The van der Waals surface area contributed by atoms with Gasteiger partial charge in [0, 0.05) is 12.1 Å². The highest BCUT2D eigenvalue weighted by Crippen LogP contribution is 2.14. The van der Waals surface area contributed by atoms with E-state index in [1.807, 2.05) is 36.4 Å². The van der Waals surface area contributed by atoms with Crippen LogP contribution in [0.5, 0.6) is 0 Å². The van der Waals surface area contributed by atoms with Gasteiger partial charge in [0.25, 0.3) is 5.91 Å². The molecule has 0 unspecified atom stereocenters. The molecule has 24 heavy (non-hydrogen) atoms. The van der Waals surface area contributed by atoms with Crippen molar-refractivity contribution in [2.45, 2.75) is 26.3 Å². The van der Waals surface area contributed by atoms with Crippen molar-refractivity contribution >= 4 is 11.8 Å². The van der Waals surface area contributed by atoms with Gasteiger partial charge in [-0.05, 0) is 30.0 Å². The number of benzene rings is 2. The van der Waals surface area contributed by atoms with E-state index < -0.39 is 6.04 Å². The van der Waals surface area contributed by atoms with Crippen LogP contribution >= 0.6 is 0 Å². The van der Waals surface area contributed by atoms with Gasteiger partial charge in [0.2, 0.25) is 5.91 Å². The maximum atomic E-state index is 12.6. The molecule has 0 heterocycles. The average molecular weight is 324 g/mol. The second kappa shape index (κ2) is 8.87. The summed E-state index contributed by atoms with van der Waals surface area (Å²) in [6, 6.07) is 17.5. The van der Waals surface area contributed by atoms with E-state index in [-0.39, 0.29) is 11.8 Å². The molecule has 2 amide bonds. The van der Waals surface area contributed by atoms with Crippen LogP contribution in [0, 0.1) is 5.92 Å². The molecule has 126 valence electrons. The zero-order chi connectivity index (χ0) is 17.4. The zero-order valence-corrected chi connectivity index (χ0v) is 14.2. The lowest BCUT2D eigenvalue weighted by Crippen LogP contribution is -2.40. The van der Waals surface area contributed by atoms with Crippen molar-refractivity contribution in [3.05, 3.63) is 71.8 Å². The second-order valence-electron chi connectivity index (χ2n) is 6.16. The maximum Gasteiger partial charge on any atom is 0.252 e. The highest BCUT2D eigenvalue weighted by Gasteiger charge is 2.22. The minimum absolute atomic E-state index is 0.189. The molecule has 0 aromatic heterocycles. The van der Waals surface area contributed by atoms with Crippen LogP contribution in [0.25, 0.3) is 0 Å². The molecule has 4 nitrogen and oxygen atoms in total. The molecule has 0 spiro atoms. The molecule has 2 aromatic rings. The molecule has 0 saturated carbocycles. The van der Waals surface area contributed by atoms with E-state index >= 15 is 0 Å². The molecule has 0 radical (unpaired) electrons. The predicted octanol–water partition coefficient (Wildman–Crippen LogP) is 3.32. The molecular formula is C20H24N2O2. The Bertz CT molecular complexity index is 654. The van der Waals surface area contributed by atoms with E-state index in [1.165, 1.54) is 0 Å². The van der Waals surface area contributed by atoms with Crippen LogP contribution in [0.15, 0.2) is 60.7 Å². The first-order valence-electron chi connectivity index (χ1n) is 8.26. The standard InChI is InChI=1S/C20H24N2O2/c1-15(2)13-14-21-20(24)18(16-9-5-3-6-10-16)22-19(23)17-11-7-4-8-12-17/h3-12,15,18H,13-14H2,1-2H3,(H,21,24)(H,22,23)/t18-/m1/s1. The van der Waals surface area contributed by atoms with Gasteiger partial charge in [-0.25, -0.2) is 0 Å². The summed E-state index contributed by atoms with van der Waals surface area (Å²) in [5, 5.41) is 5.75. The fraction of sp³-hybridized carbons (Fsp3) is 0.300. The lowest BCUT2D eigenvalue weighted by molar-refractivity contribution is -0.123. The Morgan fingerprint density at radius 1 is 0.917 bits per heavy atom. The van der Waals surface area contributed by atoms with Crippen molar-refractivity contribution in [3.8, 4) is 0 Å². The second-order valence-corrected chi connectivity index (χ2v) is 6.16. The Balaban J connectivity index is 2.11. The molecule has 0 aliphatic rings. The van der Waals surface area contributed by atoms with Gasteiger partial charge < -0.3 is 10.6 Å². The highest BCUT2D eigenvalue weighted by atomic mass is 16.2. The molecule has 2 N–H and O–H groups in total. The number of carbonyl (C=O) groups excluding carboxylic acids is 2. The van der Waals surface area contributed by atoms with Crippen LogP contribution in [0.1, 0.15) is 42.2 Å². The summed E-state index contributed by atoms with van der Waals surface area (Å²) in [7, 11) is 0.